The molecule has 0 spiro atoms. The molecule has 0 heterocycles. The van der Waals surface area contributed by atoms with Crippen molar-refractivity contribution in [3.63, 3.8) is 0 Å². The Labute approximate surface area is 101 Å². The normalized spacial score (nSPS) is 19.9. The molecule has 0 radical (unpaired) electrons. The van der Waals surface area contributed by atoms with Crippen LogP contribution in [0.5, 0.6) is 0 Å². The minimum atomic E-state index is -0.351. The Balaban J connectivity index is 2.17. The van der Waals surface area contributed by atoms with Gasteiger partial charge in [-0.05, 0) is 49.0 Å². The highest BCUT2D eigenvalue weighted by Crippen LogP contribution is 2.26. The molecule has 1 aromatic rings. The number of allylic oxidation sites excluding steroid dienone is 2. The lowest BCUT2D eigenvalue weighted by atomic mass is 9.95. The van der Waals surface area contributed by atoms with E-state index in [0.29, 0.717) is 0 Å². The van der Waals surface area contributed by atoms with Crippen molar-refractivity contribution in [2.75, 3.05) is 0 Å². The van der Waals surface area contributed by atoms with Gasteiger partial charge in [0.25, 0.3) is 5.69 Å². The van der Waals surface area contributed by atoms with Crippen LogP contribution < -0.4 is 0 Å². The summed E-state index contributed by atoms with van der Waals surface area (Å²) < 4.78 is 0. The molecular weight excluding hydrogens is 214 g/mol. The van der Waals surface area contributed by atoms with Crippen molar-refractivity contribution in [2.45, 2.75) is 38.5 Å². The molecule has 3 heteroatoms. The molecule has 0 fully saturated rings. The number of hydrogen-bond acceptors (Lipinski definition) is 2. The molecule has 0 bridgehead atoms. The lowest BCUT2D eigenvalue weighted by Crippen LogP contribution is -1.92. The summed E-state index contributed by atoms with van der Waals surface area (Å²) in [4.78, 5) is 10.2. The summed E-state index contributed by atoms with van der Waals surface area (Å²) in [5, 5.41) is 10.6. The molecule has 0 N–H and O–H groups in total. The van der Waals surface area contributed by atoms with Crippen LogP contribution in [0.3, 0.4) is 0 Å². The van der Waals surface area contributed by atoms with Crippen LogP contribution >= 0.6 is 0 Å². The Morgan fingerprint density at radius 1 is 1.00 bits per heavy atom. The number of non-ortho nitro benzene ring substituents is 1. The van der Waals surface area contributed by atoms with Crippen molar-refractivity contribution in [3.05, 3.63) is 46.0 Å². The lowest BCUT2D eigenvalue weighted by Gasteiger charge is -2.11. The quantitative estimate of drug-likeness (QED) is 0.561. The first kappa shape index (κ1) is 11.8. The topological polar surface area (TPSA) is 43.1 Å². The van der Waals surface area contributed by atoms with Crippen molar-refractivity contribution < 1.29 is 4.92 Å². The average Bonchev–Trinajstić information content (AvgIpc) is 2.29. The van der Waals surface area contributed by atoms with Gasteiger partial charge in [0.05, 0.1) is 4.92 Å². The van der Waals surface area contributed by atoms with Gasteiger partial charge in [0, 0.05) is 12.1 Å². The Kier molecular flexibility index (Phi) is 3.91. The van der Waals surface area contributed by atoms with E-state index in [4.69, 9.17) is 0 Å². The number of benzene rings is 1. The van der Waals surface area contributed by atoms with Crippen LogP contribution in [0.1, 0.15) is 44.1 Å². The molecule has 0 aliphatic heterocycles. The van der Waals surface area contributed by atoms with Gasteiger partial charge >= 0.3 is 0 Å². The van der Waals surface area contributed by atoms with Gasteiger partial charge < -0.3 is 0 Å². The third kappa shape index (κ3) is 3.16. The van der Waals surface area contributed by atoms with E-state index in [9.17, 15) is 10.1 Å². The van der Waals surface area contributed by atoms with Gasteiger partial charge in [0.2, 0.25) is 0 Å². The van der Waals surface area contributed by atoms with Gasteiger partial charge in [-0.15, -0.1) is 0 Å². The fraction of sp³-hybridized carbons (Fsp3) is 0.429. The van der Waals surface area contributed by atoms with Crippen LogP contribution in [0.2, 0.25) is 0 Å². The number of nitrogens with zero attached hydrogens (tertiary/aromatic N) is 1. The van der Waals surface area contributed by atoms with E-state index >= 15 is 0 Å². The second-order valence-corrected chi connectivity index (χ2v) is 4.49. The van der Waals surface area contributed by atoms with Gasteiger partial charge in [-0.2, -0.15) is 0 Å². The van der Waals surface area contributed by atoms with Crippen LogP contribution in [0.4, 0.5) is 5.69 Å². The van der Waals surface area contributed by atoms with Crippen LogP contribution in [-0.4, -0.2) is 4.92 Å². The largest absolute Gasteiger partial charge is 0.269 e. The molecule has 0 amide bonds. The van der Waals surface area contributed by atoms with Crippen molar-refractivity contribution in [2.24, 2.45) is 0 Å². The fourth-order valence-electron chi connectivity index (χ4n) is 2.25. The van der Waals surface area contributed by atoms with Crippen LogP contribution in [0.15, 0.2) is 30.3 Å². The maximum absolute atomic E-state index is 10.6. The zero-order chi connectivity index (χ0) is 12.1. The monoisotopic (exact) mass is 231 g/mol. The van der Waals surface area contributed by atoms with E-state index in [2.05, 4.69) is 6.08 Å². The van der Waals surface area contributed by atoms with Crippen molar-refractivity contribution >= 4 is 11.3 Å². The van der Waals surface area contributed by atoms with E-state index in [1.54, 1.807) is 12.1 Å². The number of rotatable bonds is 2. The van der Waals surface area contributed by atoms with Gasteiger partial charge in [-0.3, -0.25) is 10.1 Å². The van der Waals surface area contributed by atoms with E-state index < -0.39 is 0 Å². The first-order valence-corrected chi connectivity index (χ1v) is 6.21. The van der Waals surface area contributed by atoms with E-state index in [1.165, 1.54) is 31.3 Å². The highest BCUT2D eigenvalue weighted by Gasteiger charge is 2.08. The van der Waals surface area contributed by atoms with Gasteiger partial charge in [0.15, 0.2) is 0 Å². The molecular formula is C14H17NO2. The summed E-state index contributed by atoms with van der Waals surface area (Å²) in [6.07, 6.45) is 9.62. The molecule has 0 saturated heterocycles. The molecule has 0 unspecified atom stereocenters. The summed E-state index contributed by atoms with van der Waals surface area (Å²) in [6.45, 7) is 0. The van der Waals surface area contributed by atoms with Crippen molar-refractivity contribution in [1.29, 1.82) is 0 Å². The summed E-state index contributed by atoms with van der Waals surface area (Å²) >= 11 is 0. The van der Waals surface area contributed by atoms with Crippen molar-refractivity contribution in [1.82, 2.24) is 0 Å². The molecule has 0 atom stereocenters. The van der Waals surface area contributed by atoms with Crippen molar-refractivity contribution in [3.8, 4) is 0 Å². The van der Waals surface area contributed by atoms with Crippen LogP contribution in [0, 0.1) is 10.1 Å². The maximum atomic E-state index is 10.6. The lowest BCUT2D eigenvalue weighted by molar-refractivity contribution is -0.384. The average molecular weight is 231 g/mol. The van der Waals surface area contributed by atoms with E-state index in [0.717, 1.165) is 18.4 Å². The standard InChI is InChI=1S/C14H17NO2/c16-15(17)14-10-8-13(9-11-14)12-6-4-2-1-3-5-7-12/h6,8-11H,1-5,7H2/b12-6+. The second kappa shape index (κ2) is 5.62. The van der Waals surface area contributed by atoms with Gasteiger partial charge in [-0.25, -0.2) is 0 Å². The molecule has 1 aliphatic rings. The number of nitro groups is 1. The molecule has 3 nitrogen and oxygen atoms in total. The first-order valence-electron chi connectivity index (χ1n) is 6.21. The fourth-order valence-corrected chi connectivity index (χ4v) is 2.25. The molecule has 0 aromatic heterocycles. The summed E-state index contributed by atoms with van der Waals surface area (Å²) in [5.74, 6) is 0. The van der Waals surface area contributed by atoms with Crippen LogP contribution in [-0.2, 0) is 0 Å². The number of hydrogen-bond donors (Lipinski definition) is 0. The summed E-state index contributed by atoms with van der Waals surface area (Å²) in [5.41, 5.74) is 2.65. The zero-order valence-corrected chi connectivity index (χ0v) is 9.89. The second-order valence-electron chi connectivity index (χ2n) is 4.49. The molecule has 0 saturated carbocycles. The third-order valence-corrected chi connectivity index (χ3v) is 3.24. The molecule has 2 rings (SSSR count). The van der Waals surface area contributed by atoms with E-state index in [1.807, 2.05) is 12.1 Å². The zero-order valence-electron chi connectivity index (χ0n) is 9.89. The van der Waals surface area contributed by atoms with Gasteiger partial charge in [0.1, 0.15) is 0 Å². The Morgan fingerprint density at radius 3 is 2.41 bits per heavy atom. The van der Waals surface area contributed by atoms with Gasteiger partial charge in [-0.1, -0.05) is 18.9 Å². The Morgan fingerprint density at radius 2 is 1.71 bits per heavy atom. The molecule has 1 aromatic carbocycles. The van der Waals surface area contributed by atoms with E-state index in [-0.39, 0.29) is 10.6 Å². The highest BCUT2D eigenvalue weighted by molar-refractivity contribution is 5.66. The Hall–Kier alpha value is -1.64. The molecule has 90 valence electrons. The third-order valence-electron chi connectivity index (χ3n) is 3.24. The maximum Gasteiger partial charge on any atom is 0.269 e. The summed E-state index contributed by atoms with van der Waals surface area (Å²) in [6, 6.07) is 6.92. The number of nitro benzene ring substituents is 1. The van der Waals surface area contributed by atoms with Crippen LogP contribution in [0.25, 0.3) is 5.57 Å². The molecule has 1 aliphatic carbocycles. The predicted molar refractivity (Wildman–Crippen MR) is 68.8 cm³/mol. The molecule has 17 heavy (non-hydrogen) atoms. The highest BCUT2D eigenvalue weighted by atomic mass is 16.6. The smallest absolute Gasteiger partial charge is 0.258 e. The first-order chi connectivity index (χ1) is 8.27. The predicted octanol–water partition coefficient (Wildman–Crippen LogP) is 4.33. The minimum absolute atomic E-state index is 0.167. The minimum Gasteiger partial charge on any atom is -0.258 e. The summed E-state index contributed by atoms with van der Waals surface area (Å²) in [7, 11) is 0. The SMILES string of the molecule is O=[N+]([O-])c1ccc(/C2=C/CCCCCC2)cc1. The Bertz CT molecular complexity index is 420.